The number of β-amino-alcohol motifs (C(OH)–C–C–N with tert-alkyl or cyclic N) is 1. The van der Waals surface area contributed by atoms with Crippen molar-refractivity contribution in [1.29, 1.82) is 0 Å². The van der Waals surface area contributed by atoms with Gasteiger partial charge in [0.05, 0.1) is 6.10 Å². The molecule has 1 saturated heterocycles. The lowest BCUT2D eigenvalue weighted by Crippen LogP contribution is -2.39. The minimum Gasteiger partial charge on any atom is -0.391 e. The Bertz CT molecular complexity index is 526. The largest absolute Gasteiger partial charge is 0.391 e. The van der Waals surface area contributed by atoms with Crippen LogP contribution in [0.15, 0.2) is 24.3 Å². The van der Waals surface area contributed by atoms with Gasteiger partial charge in [0, 0.05) is 56.6 Å². The highest BCUT2D eigenvalue weighted by atomic mass is 35.5. The Morgan fingerprint density at radius 1 is 1.52 bits per heavy atom. The predicted molar refractivity (Wildman–Crippen MR) is 92.4 cm³/mol. The van der Waals surface area contributed by atoms with Crippen LogP contribution in [-0.2, 0) is 11.3 Å². The van der Waals surface area contributed by atoms with Gasteiger partial charge in [0.1, 0.15) is 0 Å². The Balaban J connectivity index is 1.74. The van der Waals surface area contributed by atoms with E-state index in [1.54, 1.807) is 11.9 Å². The second-order valence-corrected chi connectivity index (χ2v) is 6.82. The number of amides is 1. The van der Waals surface area contributed by atoms with Crippen LogP contribution in [0.25, 0.3) is 0 Å². The van der Waals surface area contributed by atoms with Crippen LogP contribution >= 0.6 is 11.6 Å². The Morgan fingerprint density at radius 2 is 2.30 bits per heavy atom. The number of carbonyl (C=O) groups is 1. The summed E-state index contributed by atoms with van der Waals surface area (Å²) < 4.78 is 0. The number of nitrogens with zero attached hydrogens (tertiary/aromatic N) is 1. The summed E-state index contributed by atoms with van der Waals surface area (Å²) in [5.41, 5.74) is 1.02. The summed E-state index contributed by atoms with van der Waals surface area (Å²) in [6.07, 6.45) is 0.142. The Hall–Kier alpha value is -1.14. The first-order valence-electron chi connectivity index (χ1n) is 8.06. The molecule has 1 amide bonds. The molecule has 0 saturated carbocycles. The van der Waals surface area contributed by atoms with Gasteiger partial charge in [-0.1, -0.05) is 23.7 Å². The smallest absolute Gasteiger partial charge is 0.224 e. The van der Waals surface area contributed by atoms with Crippen molar-refractivity contribution in [1.82, 2.24) is 15.5 Å². The Labute approximate surface area is 143 Å². The van der Waals surface area contributed by atoms with Gasteiger partial charge in [0.2, 0.25) is 5.91 Å². The zero-order chi connectivity index (χ0) is 16.8. The molecule has 3 N–H and O–H groups in total. The summed E-state index contributed by atoms with van der Waals surface area (Å²) in [6, 6.07) is 7.64. The first kappa shape index (κ1) is 18.2. The van der Waals surface area contributed by atoms with Crippen molar-refractivity contribution < 1.29 is 9.90 Å². The first-order valence-corrected chi connectivity index (χ1v) is 8.44. The van der Waals surface area contributed by atoms with E-state index in [0.717, 1.165) is 18.7 Å². The number of hydrogen-bond donors (Lipinski definition) is 3. The lowest BCUT2D eigenvalue weighted by atomic mass is 10.1. The summed E-state index contributed by atoms with van der Waals surface area (Å²) in [5, 5.41) is 17.0. The molecule has 0 radical (unpaired) electrons. The quantitative estimate of drug-likeness (QED) is 0.699. The summed E-state index contributed by atoms with van der Waals surface area (Å²) in [5.74, 6) is 0.312. The molecule has 1 aliphatic heterocycles. The molecule has 1 aromatic carbocycles. The van der Waals surface area contributed by atoms with Crippen LogP contribution in [-0.4, -0.2) is 54.7 Å². The molecule has 1 fully saturated rings. The maximum Gasteiger partial charge on any atom is 0.224 e. The molecule has 6 heteroatoms. The van der Waals surface area contributed by atoms with E-state index >= 15 is 0 Å². The molecule has 128 valence electrons. The van der Waals surface area contributed by atoms with Crippen molar-refractivity contribution in [2.24, 2.45) is 5.92 Å². The van der Waals surface area contributed by atoms with Gasteiger partial charge in [-0.05, 0) is 24.6 Å². The maximum absolute atomic E-state index is 12.3. The fourth-order valence-corrected chi connectivity index (χ4v) is 2.98. The highest BCUT2D eigenvalue weighted by molar-refractivity contribution is 6.30. The molecule has 0 aliphatic carbocycles. The molecule has 0 bridgehead atoms. The Kier molecular flexibility index (Phi) is 6.84. The van der Waals surface area contributed by atoms with Gasteiger partial charge in [0.25, 0.3) is 0 Å². The van der Waals surface area contributed by atoms with E-state index in [9.17, 15) is 9.90 Å². The van der Waals surface area contributed by atoms with E-state index in [4.69, 9.17) is 11.6 Å². The molecular formula is C17H26ClN3O2. The van der Waals surface area contributed by atoms with Crippen molar-refractivity contribution >= 4 is 17.5 Å². The normalized spacial score (nSPS) is 22.1. The molecule has 1 heterocycles. The van der Waals surface area contributed by atoms with Gasteiger partial charge in [-0.25, -0.2) is 0 Å². The van der Waals surface area contributed by atoms with Gasteiger partial charge in [0.15, 0.2) is 0 Å². The number of nitrogens with one attached hydrogen (secondary N) is 2. The molecule has 23 heavy (non-hydrogen) atoms. The van der Waals surface area contributed by atoms with Gasteiger partial charge in [-0.15, -0.1) is 0 Å². The number of halogens is 1. The number of benzene rings is 1. The van der Waals surface area contributed by atoms with Crippen LogP contribution in [0.5, 0.6) is 0 Å². The van der Waals surface area contributed by atoms with Crippen LogP contribution in [0.3, 0.4) is 0 Å². The summed E-state index contributed by atoms with van der Waals surface area (Å²) in [6.45, 7) is 4.75. The van der Waals surface area contributed by atoms with E-state index in [-0.39, 0.29) is 24.0 Å². The van der Waals surface area contributed by atoms with Gasteiger partial charge >= 0.3 is 0 Å². The average Bonchev–Trinajstić information content (AvgIpc) is 2.90. The second kappa shape index (κ2) is 8.64. The SMILES string of the molecule is CC(CC(=O)N(C)Cc1cccc(Cl)c1)NCC1CNCC1O. The maximum atomic E-state index is 12.3. The fourth-order valence-electron chi connectivity index (χ4n) is 2.77. The zero-order valence-electron chi connectivity index (χ0n) is 13.8. The molecule has 0 aromatic heterocycles. The summed E-state index contributed by atoms with van der Waals surface area (Å²) in [7, 11) is 1.81. The monoisotopic (exact) mass is 339 g/mol. The lowest BCUT2D eigenvalue weighted by molar-refractivity contribution is -0.130. The molecular weight excluding hydrogens is 314 g/mol. The van der Waals surface area contributed by atoms with Crippen molar-refractivity contribution in [2.75, 3.05) is 26.7 Å². The third-order valence-electron chi connectivity index (χ3n) is 4.25. The van der Waals surface area contributed by atoms with Crippen LogP contribution in [0, 0.1) is 5.92 Å². The van der Waals surface area contributed by atoms with Gasteiger partial charge < -0.3 is 20.6 Å². The number of aliphatic hydroxyl groups excluding tert-OH is 1. The zero-order valence-corrected chi connectivity index (χ0v) is 14.5. The van der Waals surface area contributed by atoms with Gasteiger partial charge in [-0.3, -0.25) is 4.79 Å². The minimum absolute atomic E-state index is 0.0807. The molecule has 3 atom stereocenters. The van der Waals surface area contributed by atoms with E-state index in [0.29, 0.717) is 24.5 Å². The van der Waals surface area contributed by atoms with E-state index < -0.39 is 0 Å². The van der Waals surface area contributed by atoms with Crippen LogP contribution in [0.1, 0.15) is 18.9 Å². The molecule has 2 rings (SSSR count). The van der Waals surface area contributed by atoms with Crippen molar-refractivity contribution in [2.45, 2.75) is 32.0 Å². The van der Waals surface area contributed by atoms with E-state index in [1.165, 1.54) is 0 Å². The van der Waals surface area contributed by atoms with Crippen LogP contribution in [0.2, 0.25) is 5.02 Å². The first-order chi connectivity index (χ1) is 11.0. The lowest BCUT2D eigenvalue weighted by Gasteiger charge is -2.22. The molecule has 1 aliphatic rings. The molecule has 0 spiro atoms. The second-order valence-electron chi connectivity index (χ2n) is 6.38. The fraction of sp³-hybridized carbons (Fsp3) is 0.588. The van der Waals surface area contributed by atoms with Crippen molar-refractivity contribution in [3.05, 3.63) is 34.9 Å². The third-order valence-corrected chi connectivity index (χ3v) is 4.48. The highest BCUT2D eigenvalue weighted by Gasteiger charge is 2.25. The van der Waals surface area contributed by atoms with E-state index in [2.05, 4.69) is 10.6 Å². The number of carbonyl (C=O) groups excluding carboxylic acids is 1. The Morgan fingerprint density at radius 3 is 2.96 bits per heavy atom. The molecule has 5 nitrogen and oxygen atoms in total. The average molecular weight is 340 g/mol. The minimum atomic E-state index is -0.295. The van der Waals surface area contributed by atoms with Crippen molar-refractivity contribution in [3.63, 3.8) is 0 Å². The summed E-state index contributed by atoms with van der Waals surface area (Å²) in [4.78, 5) is 14.0. The third kappa shape index (κ3) is 5.77. The number of hydrogen-bond acceptors (Lipinski definition) is 4. The summed E-state index contributed by atoms with van der Waals surface area (Å²) >= 11 is 5.97. The van der Waals surface area contributed by atoms with Gasteiger partial charge in [-0.2, -0.15) is 0 Å². The standard InChI is InChI=1S/C17H26ClN3O2/c1-12(20-9-14-8-19-10-16(14)22)6-17(23)21(2)11-13-4-3-5-15(18)7-13/h3-5,7,12,14,16,19-20,22H,6,8-11H2,1-2H3. The highest BCUT2D eigenvalue weighted by Crippen LogP contribution is 2.13. The molecule has 1 aromatic rings. The topological polar surface area (TPSA) is 64.6 Å². The van der Waals surface area contributed by atoms with E-state index in [1.807, 2.05) is 31.2 Å². The molecule has 3 unspecified atom stereocenters. The number of aliphatic hydroxyl groups is 1. The van der Waals surface area contributed by atoms with Crippen molar-refractivity contribution in [3.8, 4) is 0 Å². The predicted octanol–water partition coefficient (Wildman–Crippen LogP) is 1.25. The number of rotatable bonds is 7. The van der Waals surface area contributed by atoms with Crippen LogP contribution < -0.4 is 10.6 Å². The van der Waals surface area contributed by atoms with Crippen LogP contribution in [0.4, 0.5) is 0 Å².